The molecule has 1 aromatic carbocycles. The lowest BCUT2D eigenvalue weighted by Crippen LogP contribution is -2.01. The summed E-state index contributed by atoms with van der Waals surface area (Å²) < 4.78 is 1.42. The fourth-order valence-corrected chi connectivity index (χ4v) is 3.18. The number of hydrogen-bond donors (Lipinski definition) is 1. The Morgan fingerprint density at radius 2 is 1.94 bits per heavy atom. The van der Waals surface area contributed by atoms with Gasteiger partial charge in [0.25, 0.3) is 0 Å². The molecule has 1 aromatic heterocycles. The molecule has 0 aliphatic carbocycles. The van der Waals surface area contributed by atoms with E-state index in [1.54, 1.807) is 0 Å². The molecule has 16 heavy (non-hydrogen) atoms. The maximum Gasteiger partial charge on any atom is 0.0598 e. The molecule has 0 spiro atoms. The summed E-state index contributed by atoms with van der Waals surface area (Å²) >= 11 is 3.76. The molecule has 3 heteroatoms. The summed E-state index contributed by atoms with van der Waals surface area (Å²) in [6.07, 6.45) is 1.19. The van der Waals surface area contributed by atoms with Crippen molar-refractivity contribution >= 4 is 28.8 Å². The van der Waals surface area contributed by atoms with Crippen LogP contribution in [-0.2, 0) is 0 Å². The molecule has 2 aromatic rings. The van der Waals surface area contributed by atoms with Gasteiger partial charge >= 0.3 is 0 Å². The zero-order valence-corrected chi connectivity index (χ0v) is 10.7. The molecule has 1 heterocycles. The van der Waals surface area contributed by atoms with Gasteiger partial charge in [0.1, 0.15) is 0 Å². The summed E-state index contributed by atoms with van der Waals surface area (Å²) in [4.78, 5) is 0. The Hall–Kier alpha value is -0.930. The van der Waals surface area contributed by atoms with Gasteiger partial charge in [0.05, 0.1) is 4.21 Å². The zero-order chi connectivity index (χ0) is 11.1. The van der Waals surface area contributed by atoms with Gasteiger partial charge in [0.2, 0.25) is 0 Å². The van der Waals surface area contributed by atoms with Crippen LogP contribution in [0.2, 0.25) is 0 Å². The minimum atomic E-state index is 1.04. The van der Waals surface area contributed by atoms with E-state index in [1.807, 2.05) is 29.2 Å². The standard InChI is InChI=1S/C13H15NS2/c1-2-6-12(7-3-1)14-9-5-11-16-13-8-4-10-15-13/h1-4,6-8,10,14H,5,9,11H2. The number of nitrogens with one attached hydrogen (secondary N) is 1. The molecule has 0 atom stereocenters. The van der Waals surface area contributed by atoms with Crippen molar-refractivity contribution < 1.29 is 0 Å². The first-order valence-electron chi connectivity index (χ1n) is 5.40. The Kier molecular flexibility index (Phi) is 4.77. The molecule has 0 fully saturated rings. The molecule has 0 saturated carbocycles. The minimum absolute atomic E-state index is 1.04. The molecule has 0 aliphatic heterocycles. The minimum Gasteiger partial charge on any atom is -0.385 e. The average molecular weight is 249 g/mol. The Labute approximate surface area is 105 Å². The van der Waals surface area contributed by atoms with Crippen molar-refractivity contribution in [3.05, 3.63) is 47.8 Å². The molecule has 1 N–H and O–H groups in total. The Morgan fingerprint density at radius 3 is 2.69 bits per heavy atom. The second-order valence-electron chi connectivity index (χ2n) is 3.43. The first-order valence-corrected chi connectivity index (χ1v) is 7.27. The summed E-state index contributed by atoms with van der Waals surface area (Å²) in [5.41, 5.74) is 1.21. The van der Waals surface area contributed by atoms with Crippen LogP contribution in [0.25, 0.3) is 0 Å². The SMILES string of the molecule is c1ccc(NCCCSc2cccs2)cc1. The number of anilines is 1. The monoisotopic (exact) mass is 249 g/mol. The van der Waals surface area contributed by atoms with Crippen LogP contribution >= 0.6 is 23.1 Å². The maximum absolute atomic E-state index is 3.41. The van der Waals surface area contributed by atoms with E-state index in [0.29, 0.717) is 0 Å². The predicted octanol–water partition coefficient (Wildman–Crippen LogP) is 4.34. The second kappa shape index (κ2) is 6.61. The number of thioether (sulfide) groups is 1. The highest BCUT2D eigenvalue weighted by atomic mass is 32.2. The Morgan fingerprint density at radius 1 is 1.06 bits per heavy atom. The first-order chi connectivity index (χ1) is 7.95. The third-order valence-electron chi connectivity index (χ3n) is 2.16. The molecular weight excluding hydrogens is 234 g/mol. The lowest BCUT2D eigenvalue weighted by Gasteiger charge is -2.04. The lowest BCUT2D eigenvalue weighted by molar-refractivity contribution is 0.992. The van der Waals surface area contributed by atoms with Gasteiger partial charge < -0.3 is 5.32 Å². The number of thiophene rings is 1. The smallest absolute Gasteiger partial charge is 0.0598 e. The third kappa shape index (κ3) is 3.91. The summed E-state index contributed by atoms with van der Waals surface area (Å²) in [5, 5.41) is 5.54. The predicted molar refractivity (Wildman–Crippen MR) is 74.6 cm³/mol. The maximum atomic E-state index is 3.41. The number of hydrogen-bond acceptors (Lipinski definition) is 3. The van der Waals surface area contributed by atoms with Crippen LogP contribution in [0.1, 0.15) is 6.42 Å². The van der Waals surface area contributed by atoms with E-state index in [2.05, 4.69) is 47.1 Å². The van der Waals surface area contributed by atoms with Crippen molar-refractivity contribution in [2.45, 2.75) is 10.6 Å². The van der Waals surface area contributed by atoms with Crippen LogP contribution < -0.4 is 5.32 Å². The van der Waals surface area contributed by atoms with Gasteiger partial charge in [-0.05, 0) is 30.0 Å². The summed E-state index contributed by atoms with van der Waals surface area (Å²) in [6, 6.07) is 14.7. The highest BCUT2D eigenvalue weighted by Gasteiger charge is 1.94. The Balaban J connectivity index is 1.59. The van der Waals surface area contributed by atoms with Crippen LogP contribution in [0, 0.1) is 0 Å². The van der Waals surface area contributed by atoms with Crippen molar-refractivity contribution in [1.29, 1.82) is 0 Å². The van der Waals surface area contributed by atoms with Crippen molar-refractivity contribution in [2.75, 3.05) is 17.6 Å². The van der Waals surface area contributed by atoms with E-state index >= 15 is 0 Å². The van der Waals surface area contributed by atoms with Crippen molar-refractivity contribution in [3.8, 4) is 0 Å². The Bertz CT molecular complexity index is 384. The molecule has 0 bridgehead atoms. The molecule has 0 unspecified atom stereocenters. The topological polar surface area (TPSA) is 12.0 Å². The molecule has 0 amide bonds. The fraction of sp³-hybridized carbons (Fsp3) is 0.231. The molecule has 1 nitrogen and oxygen atoms in total. The molecular formula is C13H15NS2. The lowest BCUT2D eigenvalue weighted by atomic mass is 10.3. The fourth-order valence-electron chi connectivity index (χ4n) is 1.38. The quantitative estimate of drug-likeness (QED) is 0.603. The summed E-state index contributed by atoms with van der Waals surface area (Å²) in [6.45, 7) is 1.04. The van der Waals surface area contributed by atoms with Crippen molar-refractivity contribution in [1.82, 2.24) is 0 Å². The second-order valence-corrected chi connectivity index (χ2v) is 5.77. The molecule has 0 aliphatic rings. The van der Waals surface area contributed by atoms with Gasteiger partial charge in [-0.2, -0.15) is 0 Å². The van der Waals surface area contributed by atoms with Gasteiger partial charge in [-0.1, -0.05) is 24.3 Å². The van der Waals surface area contributed by atoms with Crippen LogP contribution in [0.15, 0.2) is 52.1 Å². The highest BCUT2D eigenvalue weighted by molar-refractivity contribution is 8.01. The van der Waals surface area contributed by atoms with Crippen LogP contribution in [0.3, 0.4) is 0 Å². The number of benzene rings is 1. The molecule has 0 radical (unpaired) electrons. The number of para-hydroxylation sites is 1. The van der Waals surface area contributed by atoms with Gasteiger partial charge in [-0.25, -0.2) is 0 Å². The van der Waals surface area contributed by atoms with E-state index in [-0.39, 0.29) is 0 Å². The van der Waals surface area contributed by atoms with Gasteiger partial charge in [0.15, 0.2) is 0 Å². The highest BCUT2D eigenvalue weighted by Crippen LogP contribution is 2.23. The zero-order valence-electron chi connectivity index (χ0n) is 9.06. The largest absolute Gasteiger partial charge is 0.385 e. The van der Waals surface area contributed by atoms with E-state index in [4.69, 9.17) is 0 Å². The van der Waals surface area contributed by atoms with Crippen LogP contribution in [0.4, 0.5) is 5.69 Å². The van der Waals surface area contributed by atoms with E-state index in [0.717, 1.165) is 6.54 Å². The van der Waals surface area contributed by atoms with Crippen LogP contribution in [0.5, 0.6) is 0 Å². The molecule has 2 rings (SSSR count). The van der Waals surface area contributed by atoms with Gasteiger partial charge in [-0.15, -0.1) is 23.1 Å². The van der Waals surface area contributed by atoms with Gasteiger partial charge in [0, 0.05) is 18.0 Å². The molecule has 0 saturated heterocycles. The normalized spacial score (nSPS) is 10.2. The van der Waals surface area contributed by atoms with E-state index < -0.39 is 0 Å². The van der Waals surface area contributed by atoms with Crippen molar-refractivity contribution in [2.24, 2.45) is 0 Å². The summed E-state index contributed by atoms with van der Waals surface area (Å²) in [7, 11) is 0. The molecule has 84 valence electrons. The average Bonchev–Trinajstić information content (AvgIpc) is 2.83. The first kappa shape index (κ1) is 11.6. The van der Waals surface area contributed by atoms with Gasteiger partial charge in [-0.3, -0.25) is 0 Å². The summed E-state index contributed by atoms with van der Waals surface area (Å²) in [5.74, 6) is 1.18. The van der Waals surface area contributed by atoms with E-state index in [1.165, 1.54) is 22.1 Å². The van der Waals surface area contributed by atoms with Crippen molar-refractivity contribution in [3.63, 3.8) is 0 Å². The van der Waals surface area contributed by atoms with E-state index in [9.17, 15) is 0 Å². The van der Waals surface area contributed by atoms with Crippen LogP contribution in [-0.4, -0.2) is 12.3 Å². The third-order valence-corrected chi connectivity index (χ3v) is 4.38. The number of rotatable bonds is 6.